The zero-order valence-electron chi connectivity index (χ0n) is 9.75. The first-order chi connectivity index (χ1) is 8.09. The van der Waals surface area contributed by atoms with Gasteiger partial charge in [-0.1, -0.05) is 13.8 Å². The predicted octanol–water partition coefficient (Wildman–Crippen LogP) is 1.07. The van der Waals surface area contributed by atoms with E-state index in [1.54, 1.807) is 16.9 Å². The number of amidine groups is 1. The lowest BCUT2D eigenvalue weighted by Crippen LogP contribution is -2.16. The Morgan fingerprint density at radius 1 is 1.41 bits per heavy atom. The van der Waals surface area contributed by atoms with E-state index in [4.69, 9.17) is 11.1 Å². The topological polar surface area (TPSA) is 93.5 Å². The van der Waals surface area contributed by atoms with Crippen LogP contribution in [0.3, 0.4) is 0 Å². The van der Waals surface area contributed by atoms with Gasteiger partial charge in [-0.3, -0.25) is 5.41 Å². The van der Waals surface area contributed by atoms with Gasteiger partial charge in [0.2, 0.25) is 0 Å². The summed E-state index contributed by atoms with van der Waals surface area (Å²) in [7, 11) is 0. The van der Waals surface area contributed by atoms with E-state index in [-0.39, 0.29) is 5.84 Å². The molecule has 2 heterocycles. The number of aromatic nitrogens is 4. The highest BCUT2D eigenvalue weighted by Gasteiger charge is 2.11. The molecule has 2 aromatic rings. The molecule has 0 spiro atoms. The van der Waals surface area contributed by atoms with E-state index in [1.165, 1.54) is 6.20 Å². The molecule has 0 saturated heterocycles. The van der Waals surface area contributed by atoms with Crippen LogP contribution in [0.2, 0.25) is 0 Å². The molecule has 0 bridgehead atoms. The first-order valence-electron chi connectivity index (χ1n) is 5.31. The number of nitrogens with two attached hydrogens (primary N) is 1. The smallest absolute Gasteiger partial charge is 0.186 e. The van der Waals surface area contributed by atoms with Crippen LogP contribution in [0, 0.1) is 5.41 Å². The lowest BCUT2D eigenvalue weighted by atomic mass is 10.1. The summed E-state index contributed by atoms with van der Waals surface area (Å²) in [6.07, 6.45) is 3.30. The number of rotatable bonds is 3. The molecule has 6 nitrogen and oxygen atoms in total. The van der Waals surface area contributed by atoms with Crippen LogP contribution in [0.5, 0.6) is 0 Å². The van der Waals surface area contributed by atoms with Crippen LogP contribution in [0.1, 0.15) is 31.0 Å². The first-order valence-corrected chi connectivity index (χ1v) is 5.31. The summed E-state index contributed by atoms with van der Waals surface area (Å²) in [5.41, 5.74) is 6.98. The van der Waals surface area contributed by atoms with Crippen molar-refractivity contribution in [3.05, 3.63) is 35.8 Å². The van der Waals surface area contributed by atoms with E-state index in [9.17, 15) is 0 Å². The van der Waals surface area contributed by atoms with Gasteiger partial charge in [-0.15, -0.1) is 5.10 Å². The Morgan fingerprint density at radius 2 is 2.18 bits per heavy atom. The Labute approximate surface area is 99.0 Å². The van der Waals surface area contributed by atoms with Gasteiger partial charge in [0, 0.05) is 6.20 Å². The molecule has 0 aliphatic carbocycles. The molecule has 0 fully saturated rings. The normalized spacial score (nSPS) is 10.8. The van der Waals surface area contributed by atoms with Gasteiger partial charge < -0.3 is 5.73 Å². The molecule has 2 aromatic heterocycles. The van der Waals surface area contributed by atoms with Crippen LogP contribution in [0.25, 0.3) is 5.82 Å². The SMILES string of the molecule is CC(C)c1ccn(-c2nnccc2C(=N)N)n1. The summed E-state index contributed by atoms with van der Waals surface area (Å²) < 4.78 is 1.60. The van der Waals surface area contributed by atoms with Gasteiger partial charge in [0.1, 0.15) is 5.84 Å². The van der Waals surface area contributed by atoms with Crippen molar-refractivity contribution in [1.29, 1.82) is 5.41 Å². The standard InChI is InChI=1S/C11H14N6/c1-7(2)9-4-6-17(16-9)11-8(10(12)13)3-5-14-15-11/h3-7H,1-2H3,(H3,12,13). The molecule has 6 heteroatoms. The number of nitrogens with zero attached hydrogens (tertiary/aromatic N) is 4. The summed E-state index contributed by atoms with van der Waals surface area (Å²) in [5.74, 6) is 0.775. The maximum atomic E-state index is 7.49. The van der Waals surface area contributed by atoms with E-state index < -0.39 is 0 Å². The fourth-order valence-corrected chi connectivity index (χ4v) is 1.47. The molecule has 0 aliphatic heterocycles. The van der Waals surface area contributed by atoms with Crippen molar-refractivity contribution in [1.82, 2.24) is 20.0 Å². The Kier molecular flexibility index (Phi) is 2.86. The van der Waals surface area contributed by atoms with Gasteiger partial charge in [0.05, 0.1) is 17.5 Å². The molecule has 0 aromatic carbocycles. The largest absolute Gasteiger partial charge is 0.384 e. The van der Waals surface area contributed by atoms with Crippen LogP contribution < -0.4 is 5.73 Å². The zero-order valence-corrected chi connectivity index (χ0v) is 9.75. The minimum absolute atomic E-state index is 0.0449. The average molecular weight is 230 g/mol. The van der Waals surface area contributed by atoms with E-state index in [1.807, 2.05) is 6.07 Å². The summed E-state index contributed by atoms with van der Waals surface area (Å²) in [5, 5.41) is 19.6. The van der Waals surface area contributed by atoms with Gasteiger partial charge in [0.15, 0.2) is 5.82 Å². The predicted molar refractivity (Wildman–Crippen MR) is 64.3 cm³/mol. The van der Waals surface area contributed by atoms with Gasteiger partial charge in [-0.05, 0) is 18.1 Å². The third-order valence-electron chi connectivity index (χ3n) is 2.41. The summed E-state index contributed by atoms with van der Waals surface area (Å²) in [6, 6.07) is 3.57. The maximum absolute atomic E-state index is 7.49. The van der Waals surface area contributed by atoms with Gasteiger partial charge in [-0.2, -0.15) is 10.2 Å². The maximum Gasteiger partial charge on any atom is 0.186 e. The molecule has 0 amide bonds. The lowest BCUT2D eigenvalue weighted by molar-refractivity contribution is 0.746. The van der Waals surface area contributed by atoms with Crippen molar-refractivity contribution >= 4 is 5.84 Å². The third-order valence-corrected chi connectivity index (χ3v) is 2.41. The molecule has 0 radical (unpaired) electrons. The van der Waals surface area contributed by atoms with Gasteiger partial charge >= 0.3 is 0 Å². The molecule has 2 rings (SSSR count). The number of nitrogen functional groups attached to an aromatic ring is 1. The molecular formula is C11H14N6. The van der Waals surface area contributed by atoms with Crippen molar-refractivity contribution in [3.8, 4) is 5.82 Å². The van der Waals surface area contributed by atoms with Gasteiger partial charge in [0.25, 0.3) is 0 Å². The highest BCUT2D eigenvalue weighted by molar-refractivity contribution is 5.97. The minimum atomic E-state index is -0.0449. The van der Waals surface area contributed by atoms with Crippen molar-refractivity contribution in [2.24, 2.45) is 5.73 Å². The Hall–Kier alpha value is -2.24. The molecule has 3 N–H and O–H groups in total. The number of nitrogens with one attached hydrogen (secondary N) is 1. The van der Waals surface area contributed by atoms with Crippen molar-refractivity contribution in [3.63, 3.8) is 0 Å². The molecule has 17 heavy (non-hydrogen) atoms. The monoisotopic (exact) mass is 230 g/mol. The van der Waals surface area contributed by atoms with Crippen molar-refractivity contribution in [2.75, 3.05) is 0 Å². The fourth-order valence-electron chi connectivity index (χ4n) is 1.47. The molecule has 0 atom stereocenters. The molecule has 88 valence electrons. The summed E-state index contributed by atoms with van der Waals surface area (Å²) in [6.45, 7) is 4.13. The van der Waals surface area contributed by atoms with E-state index in [0.717, 1.165) is 5.69 Å². The van der Waals surface area contributed by atoms with E-state index in [2.05, 4.69) is 29.1 Å². The van der Waals surface area contributed by atoms with Crippen molar-refractivity contribution < 1.29 is 0 Å². The highest BCUT2D eigenvalue weighted by atomic mass is 15.3. The van der Waals surface area contributed by atoms with Crippen LogP contribution >= 0.6 is 0 Å². The third kappa shape index (κ3) is 2.15. The van der Waals surface area contributed by atoms with Crippen LogP contribution in [0.15, 0.2) is 24.5 Å². The minimum Gasteiger partial charge on any atom is -0.384 e. The fraction of sp³-hybridized carbons (Fsp3) is 0.273. The quantitative estimate of drug-likeness (QED) is 0.609. The Bertz CT molecular complexity index is 542. The molecular weight excluding hydrogens is 216 g/mol. The lowest BCUT2D eigenvalue weighted by Gasteiger charge is -2.05. The Balaban J connectivity index is 2.49. The molecule has 0 aliphatic rings. The van der Waals surface area contributed by atoms with E-state index in [0.29, 0.717) is 17.3 Å². The second-order valence-electron chi connectivity index (χ2n) is 4.02. The second-order valence-corrected chi connectivity index (χ2v) is 4.02. The van der Waals surface area contributed by atoms with E-state index >= 15 is 0 Å². The second kappa shape index (κ2) is 4.32. The van der Waals surface area contributed by atoms with Crippen LogP contribution in [-0.2, 0) is 0 Å². The summed E-state index contributed by atoms with van der Waals surface area (Å²) >= 11 is 0. The first kappa shape index (κ1) is 11.3. The Morgan fingerprint density at radius 3 is 2.76 bits per heavy atom. The zero-order chi connectivity index (χ0) is 12.4. The van der Waals surface area contributed by atoms with Crippen molar-refractivity contribution in [2.45, 2.75) is 19.8 Å². The molecule has 0 saturated carbocycles. The average Bonchev–Trinajstić information content (AvgIpc) is 2.78. The number of hydrogen-bond acceptors (Lipinski definition) is 4. The highest BCUT2D eigenvalue weighted by Crippen LogP contribution is 2.14. The summed E-state index contributed by atoms with van der Waals surface area (Å²) in [4.78, 5) is 0. The number of hydrogen-bond donors (Lipinski definition) is 2. The molecule has 0 unspecified atom stereocenters. The van der Waals surface area contributed by atoms with Gasteiger partial charge in [-0.25, -0.2) is 4.68 Å². The van der Waals surface area contributed by atoms with Crippen LogP contribution in [0.4, 0.5) is 0 Å². The van der Waals surface area contributed by atoms with Crippen LogP contribution in [-0.4, -0.2) is 25.8 Å².